The number of aryl methyl sites for hydroxylation is 1. The molecule has 0 fully saturated rings. The van der Waals surface area contributed by atoms with E-state index >= 15 is 0 Å². The van der Waals surface area contributed by atoms with Crippen LogP contribution in [-0.2, 0) is 6.42 Å². The highest BCUT2D eigenvalue weighted by molar-refractivity contribution is 5.98. The van der Waals surface area contributed by atoms with E-state index in [-0.39, 0.29) is 12.2 Å². The topological polar surface area (TPSA) is 56.2 Å². The standard InChI is InChI=1S/C17H15NO2/c1-11-14-4-2-3-5-16(14)20-17(11)10-15(19)12-6-8-13(18)9-7-12/h2-9H,10,18H2,1H3. The summed E-state index contributed by atoms with van der Waals surface area (Å²) < 4.78 is 5.77. The molecule has 0 aliphatic carbocycles. The summed E-state index contributed by atoms with van der Waals surface area (Å²) in [5.41, 5.74) is 8.79. The summed E-state index contributed by atoms with van der Waals surface area (Å²) in [6, 6.07) is 14.8. The van der Waals surface area contributed by atoms with Gasteiger partial charge in [-0.1, -0.05) is 18.2 Å². The number of hydrogen-bond donors (Lipinski definition) is 1. The Balaban J connectivity index is 1.91. The van der Waals surface area contributed by atoms with E-state index in [0.717, 1.165) is 22.3 Å². The first kappa shape index (κ1) is 12.5. The van der Waals surface area contributed by atoms with Crippen molar-refractivity contribution in [1.82, 2.24) is 0 Å². The number of furan rings is 1. The molecule has 2 N–H and O–H groups in total. The monoisotopic (exact) mass is 265 g/mol. The fourth-order valence-corrected chi connectivity index (χ4v) is 2.31. The average Bonchev–Trinajstić information content (AvgIpc) is 2.77. The molecule has 0 saturated heterocycles. The predicted octanol–water partition coefficient (Wildman–Crippen LogP) is 3.75. The van der Waals surface area contributed by atoms with Crippen molar-refractivity contribution in [2.75, 3.05) is 5.73 Å². The zero-order chi connectivity index (χ0) is 14.1. The zero-order valence-electron chi connectivity index (χ0n) is 11.2. The van der Waals surface area contributed by atoms with Crippen molar-refractivity contribution in [2.45, 2.75) is 13.3 Å². The van der Waals surface area contributed by atoms with E-state index in [1.807, 2.05) is 31.2 Å². The van der Waals surface area contributed by atoms with Crippen LogP contribution in [0, 0.1) is 6.92 Å². The summed E-state index contributed by atoms with van der Waals surface area (Å²) in [5.74, 6) is 0.764. The molecule has 2 aromatic carbocycles. The third kappa shape index (κ3) is 2.18. The van der Waals surface area contributed by atoms with E-state index in [4.69, 9.17) is 10.2 Å². The van der Waals surface area contributed by atoms with E-state index in [1.54, 1.807) is 24.3 Å². The molecule has 1 aromatic heterocycles. The number of carbonyl (C=O) groups excluding carboxylic acids is 1. The van der Waals surface area contributed by atoms with Crippen LogP contribution in [0.15, 0.2) is 52.9 Å². The Labute approximate surface area is 117 Å². The van der Waals surface area contributed by atoms with Gasteiger partial charge in [0, 0.05) is 16.6 Å². The molecule has 20 heavy (non-hydrogen) atoms. The molecule has 0 unspecified atom stereocenters. The third-order valence-electron chi connectivity index (χ3n) is 3.50. The first-order chi connectivity index (χ1) is 9.65. The van der Waals surface area contributed by atoms with Crippen molar-refractivity contribution in [3.8, 4) is 0 Å². The van der Waals surface area contributed by atoms with Gasteiger partial charge in [-0.25, -0.2) is 0 Å². The van der Waals surface area contributed by atoms with Crippen molar-refractivity contribution in [3.63, 3.8) is 0 Å². The minimum Gasteiger partial charge on any atom is -0.460 e. The molecule has 0 saturated carbocycles. The lowest BCUT2D eigenvalue weighted by Gasteiger charge is -2.00. The minimum absolute atomic E-state index is 0.0344. The number of nitrogen functional groups attached to an aromatic ring is 1. The Bertz CT molecular complexity index is 769. The highest BCUT2D eigenvalue weighted by Gasteiger charge is 2.14. The highest BCUT2D eigenvalue weighted by Crippen LogP contribution is 2.26. The summed E-state index contributed by atoms with van der Waals surface area (Å²) in [5, 5.41) is 1.06. The first-order valence-corrected chi connectivity index (χ1v) is 6.51. The zero-order valence-corrected chi connectivity index (χ0v) is 11.2. The van der Waals surface area contributed by atoms with Gasteiger partial charge in [-0.15, -0.1) is 0 Å². The second-order valence-corrected chi connectivity index (χ2v) is 4.87. The molecule has 0 aliphatic heterocycles. The molecule has 0 amide bonds. The lowest BCUT2D eigenvalue weighted by Crippen LogP contribution is -2.03. The number of para-hydroxylation sites is 1. The van der Waals surface area contributed by atoms with Gasteiger partial charge in [0.05, 0.1) is 6.42 Å². The summed E-state index contributed by atoms with van der Waals surface area (Å²) >= 11 is 0. The molecule has 1 heterocycles. The Morgan fingerprint density at radius 1 is 1.10 bits per heavy atom. The van der Waals surface area contributed by atoms with Gasteiger partial charge in [-0.05, 0) is 42.8 Å². The van der Waals surface area contributed by atoms with Crippen LogP contribution in [0.1, 0.15) is 21.7 Å². The van der Waals surface area contributed by atoms with E-state index < -0.39 is 0 Å². The first-order valence-electron chi connectivity index (χ1n) is 6.51. The van der Waals surface area contributed by atoms with Crippen molar-refractivity contribution in [1.29, 1.82) is 0 Å². The second kappa shape index (κ2) is 4.85. The largest absolute Gasteiger partial charge is 0.460 e. The smallest absolute Gasteiger partial charge is 0.170 e. The molecule has 3 aromatic rings. The number of ketones is 1. The van der Waals surface area contributed by atoms with Crippen molar-refractivity contribution >= 4 is 22.4 Å². The Hall–Kier alpha value is -2.55. The summed E-state index contributed by atoms with van der Waals surface area (Å²) in [4.78, 5) is 12.3. The maximum atomic E-state index is 12.3. The summed E-state index contributed by atoms with van der Waals surface area (Å²) in [6.45, 7) is 1.98. The van der Waals surface area contributed by atoms with Crippen LogP contribution in [0.2, 0.25) is 0 Å². The van der Waals surface area contributed by atoms with Crippen LogP contribution in [0.3, 0.4) is 0 Å². The number of nitrogens with two attached hydrogens (primary N) is 1. The molecule has 100 valence electrons. The molecule has 0 radical (unpaired) electrons. The van der Waals surface area contributed by atoms with Gasteiger partial charge < -0.3 is 10.2 Å². The highest BCUT2D eigenvalue weighted by atomic mass is 16.3. The van der Waals surface area contributed by atoms with Gasteiger partial charge in [0.25, 0.3) is 0 Å². The number of rotatable bonds is 3. The van der Waals surface area contributed by atoms with Gasteiger partial charge in [0.2, 0.25) is 0 Å². The number of anilines is 1. The van der Waals surface area contributed by atoms with Crippen LogP contribution >= 0.6 is 0 Å². The van der Waals surface area contributed by atoms with Crippen LogP contribution < -0.4 is 5.73 Å². The SMILES string of the molecule is Cc1c(CC(=O)c2ccc(N)cc2)oc2ccccc12. The molecule has 0 bridgehead atoms. The maximum absolute atomic E-state index is 12.3. The van der Waals surface area contributed by atoms with E-state index in [2.05, 4.69) is 0 Å². The Morgan fingerprint density at radius 2 is 1.80 bits per heavy atom. The number of benzene rings is 2. The van der Waals surface area contributed by atoms with Gasteiger partial charge >= 0.3 is 0 Å². The molecular weight excluding hydrogens is 250 g/mol. The van der Waals surface area contributed by atoms with Crippen molar-refractivity contribution < 1.29 is 9.21 Å². The van der Waals surface area contributed by atoms with Crippen LogP contribution in [0.25, 0.3) is 11.0 Å². The molecule has 0 spiro atoms. The van der Waals surface area contributed by atoms with Gasteiger partial charge in [-0.2, -0.15) is 0 Å². The molecule has 0 aliphatic rings. The fourth-order valence-electron chi connectivity index (χ4n) is 2.31. The Morgan fingerprint density at radius 3 is 2.50 bits per heavy atom. The van der Waals surface area contributed by atoms with Crippen molar-refractivity contribution in [2.24, 2.45) is 0 Å². The quantitative estimate of drug-likeness (QED) is 0.579. The number of fused-ring (bicyclic) bond motifs is 1. The summed E-state index contributed by atoms with van der Waals surface area (Å²) in [7, 11) is 0. The predicted molar refractivity (Wildman–Crippen MR) is 79.8 cm³/mol. The van der Waals surface area contributed by atoms with E-state index in [1.165, 1.54) is 0 Å². The fraction of sp³-hybridized carbons (Fsp3) is 0.118. The molecule has 3 nitrogen and oxygen atoms in total. The Kier molecular flexibility index (Phi) is 3.03. The van der Waals surface area contributed by atoms with E-state index in [9.17, 15) is 4.79 Å². The minimum atomic E-state index is 0.0344. The molecule has 3 heteroatoms. The van der Waals surface area contributed by atoms with Crippen LogP contribution in [-0.4, -0.2) is 5.78 Å². The number of carbonyl (C=O) groups is 1. The van der Waals surface area contributed by atoms with Gasteiger partial charge in [0.1, 0.15) is 11.3 Å². The van der Waals surface area contributed by atoms with Crippen LogP contribution in [0.5, 0.6) is 0 Å². The van der Waals surface area contributed by atoms with Crippen LogP contribution in [0.4, 0.5) is 5.69 Å². The third-order valence-corrected chi connectivity index (χ3v) is 3.50. The second-order valence-electron chi connectivity index (χ2n) is 4.87. The summed E-state index contributed by atoms with van der Waals surface area (Å²) in [6.07, 6.45) is 0.268. The maximum Gasteiger partial charge on any atom is 0.170 e. The number of Topliss-reactive ketones (excluding diaryl/α,β-unsaturated/α-hetero) is 1. The average molecular weight is 265 g/mol. The van der Waals surface area contributed by atoms with E-state index in [0.29, 0.717) is 11.3 Å². The van der Waals surface area contributed by atoms with Gasteiger partial charge in [0.15, 0.2) is 5.78 Å². The van der Waals surface area contributed by atoms with Crippen molar-refractivity contribution in [3.05, 3.63) is 65.4 Å². The van der Waals surface area contributed by atoms with Gasteiger partial charge in [-0.3, -0.25) is 4.79 Å². The normalized spacial score (nSPS) is 10.8. The molecular formula is C17H15NO2. The molecule has 3 rings (SSSR count). The molecule has 0 atom stereocenters. The lowest BCUT2D eigenvalue weighted by atomic mass is 10.0. The lowest BCUT2D eigenvalue weighted by molar-refractivity contribution is 0.0987. The number of hydrogen-bond acceptors (Lipinski definition) is 3.